The van der Waals surface area contributed by atoms with E-state index >= 15 is 0 Å². The third-order valence-corrected chi connectivity index (χ3v) is 4.64. The second kappa shape index (κ2) is 6.00. The fourth-order valence-electron chi connectivity index (χ4n) is 3.63. The van der Waals surface area contributed by atoms with E-state index < -0.39 is 0 Å². The van der Waals surface area contributed by atoms with E-state index in [1.165, 1.54) is 18.9 Å². The number of anilines is 1. The lowest BCUT2D eigenvalue weighted by Crippen LogP contribution is -2.35. The average Bonchev–Trinajstić information content (AvgIpc) is 3.08. The number of carbonyl (C=O) groups excluding carboxylic acids is 1. The lowest BCUT2D eigenvalue weighted by Gasteiger charge is -2.25. The van der Waals surface area contributed by atoms with Gasteiger partial charge in [0.05, 0.1) is 0 Å². The van der Waals surface area contributed by atoms with Gasteiger partial charge in [-0.3, -0.25) is 4.79 Å². The van der Waals surface area contributed by atoms with Gasteiger partial charge in [0.1, 0.15) is 0 Å². The van der Waals surface area contributed by atoms with E-state index in [0.29, 0.717) is 24.8 Å². The van der Waals surface area contributed by atoms with Gasteiger partial charge in [-0.05, 0) is 25.0 Å². The maximum atomic E-state index is 13.7. The number of hydrogen-bond acceptors (Lipinski definition) is 3. The molecule has 1 aromatic rings. The molecule has 114 valence electrons. The van der Waals surface area contributed by atoms with Crippen molar-refractivity contribution in [1.82, 2.24) is 9.88 Å². The van der Waals surface area contributed by atoms with Crippen LogP contribution in [0.3, 0.4) is 0 Å². The van der Waals surface area contributed by atoms with Gasteiger partial charge in [0.25, 0.3) is 0 Å². The SMILES string of the molecule is CN(CC1CC(=O)N(C2CCCC2)C1)c1ncccc1F. The Kier molecular flexibility index (Phi) is 4.08. The molecule has 21 heavy (non-hydrogen) atoms. The van der Waals surface area contributed by atoms with Gasteiger partial charge in [0, 0.05) is 44.7 Å². The summed E-state index contributed by atoms with van der Waals surface area (Å²) < 4.78 is 13.7. The molecule has 5 heteroatoms. The number of pyridine rings is 1. The lowest BCUT2D eigenvalue weighted by molar-refractivity contribution is -0.129. The molecule has 1 aromatic heterocycles. The van der Waals surface area contributed by atoms with Crippen LogP contribution in [0.2, 0.25) is 0 Å². The Morgan fingerprint density at radius 1 is 1.43 bits per heavy atom. The summed E-state index contributed by atoms with van der Waals surface area (Å²) in [7, 11) is 1.84. The predicted octanol–water partition coefficient (Wildman–Crippen LogP) is 2.45. The van der Waals surface area contributed by atoms with Crippen LogP contribution in [0.15, 0.2) is 18.3 Å². The van der Waals surface area contributed by atoms with Gasteiger partial charge in [-0.2, -0.15) is 0 Å². The molecular formula is C16H22FN3O. The molecular weight excluding hydrogens is 269 g/mol. The van der Waals surface area contributed by atoms with Crippen molar-refractivity contribution in [2.75, 3.05) is 25.0 Å². The molecule has 1 saturated heterocycles. The van der Waals surface area contributed by atoms with Gasteiger partial charge >= 0.3 is 0 Å². The first-order valence-corrected chi connectivity index (χ1v) is 7.76. The van der Waals surface area contributed by atoms with Gasteiger partial charge in [0.2, 0.25) is 5.91 Å². The molecule has 0 bridgehead atoms. The largest absolute Gasteiger partial charge is 0.357 e. The van der Waals surface area contributed by atoms with E-state index in [-0.39, 0.29) is 17.6 Å². The van der Waals surface area contributed by atoms with Crippen LogP contribution >= 0.6 is 0 Å². The number of carbonyl (C=O) groups is 1. The van der Waals surface area contributed by atoms with Crippen LogP contribution in [-0.2, 0) is 4.79 Å². The monoisotopic (exact) mass is 291 g/mol. The van der Waals surface area contributed by atoms with E-state index in [1.54, 1.807) is 12.3 Å². The molecule has 2 fully saturated rings. The van der Waals surface area contributed by atoms with Crippen LogP contribution in [0.1, 0.15) is 32.1 Å². The molecule has 4 nitrogen and oxygen atoms in total. The van der Waals surface area contributed by atoms with Gasteiger partial charge in [-0.15, -0.1) is 0 Å². The number of halogens is 1. The summed E-state index contributed by atoms with van der Waals surface area (Å²) in [6.07, 6.45) is 6.93. The van der Waals surface area contributed by atoms with E-state index in [2.05, 4.69) is 9.88 Å². The number of likely N-dealkylation sites (tertiary alicyclic amines) is 1. The summed E-state index contributed by atoms with van der Waals surface area (Å²) in [4.78, 5) is 20.1. The summed E-state index contributed by atoms with van der Waals surface area (Å²) in [5.74, 6) is 0.590. The third kappa shape index (κ3) is 3.01. The molecule has 0 radical (unpaired) electrons. The zero-order chi connectivity index (χ0) is 14.8. The molecule has 1 atom stereocenters. The Morgan fingerprint density at radius 3 is 2.90 bits per heavy atom. The molecule has 1 saturated carbocycles. The molecule has 3 rings (SSSR count). The number of hydrogen-bond donors (Lipinski definition) is 0. The molecule has 2 aliphatic rings. The topological polar surface area (TPSA) is 36.4 Å². The van der Waals surface area contributed by atoms with Crippen molar-refractivity contribution in [2.24, 2.45) is 5.92 Å². The van der Waals surface area contributed by atoms with Gasteiger partial charge in [0.15, 0.2) is 11.6 Å². The first kappa shape index (κ1) is 14.3. The zero-order valence-corrected chi connectivity index (χ0v) is 12.5. The Balaban J connectivity index is 1.61. The smallest absolute Gasteiger partial charge is 0.223 e. The van der Waals surface area contributed by atoms with Crippen molar-refractivity contribution < 1.29 is 9.18 Å². The first-order valence-electron chi connectivity index (χ1n) is 7.76. The third-order valence-electron chi connectivity index (χ3n) is 4.64. The number of amides is 1. The highest BCUT2D eigenvalue weighted by Crippen LogP contribution is 2.30. The van der Waals surface area contributed by atoms with Crippen LogP contribution in [0.25, 0.3) is 0 Å². The second-order valence-electron chi connectivity index (χ2n) is 6.24. The summed E-state index contributed by atoms with van der Waals surface area (Å²) >= 11 is 0. The summed E-state index contributed by atoms with van der Waals surface area (Å²) in [5, 5.41) is 0. The van der Waals surface area contributed by atoms with Crippen molar-refractivity contribution in [3.63, 3.8) is 0 Å². The van der Waals surface area contributed by atoms with Crippen molar-refractivity contribution in [3.05, 3.63) is 24.1 Å². The molecule has 0 N–H and O–H groups in total. The Hall–Kier alpha value is -1.65. The summed E-state index contributed by atoms with van der Waals surface area (Å²) in [6, 6.07) is 3.45. The van der Waals surface area contributed by atoms with Crippen LogP contribution in [-0.4, -0.2) is 42.0 Å². The Morgan fingerprint density at radius 2 is 2.19 bits per heavy atom. The first-order chi connectivity index (χ1) is 10.1. The molecule has 1 aliphatic heterocycles. The molecule has 0 aromatic carbocycles. The maximum absolute atomic E-state index is 13.7. The standard InChI is InChI=1S/C16H22FN3O/c1-19(16-14(17)7-4-8-18-16)10-12-9-15(21)20(11-12)13-5-2-3-6-13/h4,7-8,12-13H,2-3,5-6,9-11H2,1H3. The van der Waals surface area contributed by atoms with Crippen molar-refractivity contribution in [2.45, 2.75) is 38.1 Å². The number of aromatic nitrogens is 1. The number of rotatable bonds is 4. The van der Waals surface area contributed by atoms with Crippen LogP contribution in [0, 0.1) is 11.7 Å². The van der Waals surface area contributed by atoms with Crippen molar-refractivity contribution >= 4 is 11.7 Å². The fourth-order valence-corrected chi connectivity index (χ4v) is 3.63. The lowest BCUT2D eigenvalue weighted by atomic mass is 10.1. The molecule has 1 aliphatic carbocycles. The van der Waals surface area contributed by atoms with Gasteiger partial charge in [-0.25, -0.2) is 9.37 Å². The summed E-state index contributed by atoms with van der Waals surface area (Å²) in [5.41, 5.74) is 0. The fraction of sp³-hybridized carbons (Fsp3) is 0.625. The predicted molar refractivity (Wildman–Crippen MR) is 79.5 cm³/mol. The quantitative estimate of drug-likeness (QED) is 0.855. The maximum Gasteiger partial charge on any atom is 0.223 e. The van der Waals surface area contributed by atoms with Crippen LogP contribution in [0.5, 0.6) is 0 Å². The average molecular weight is 291 g/mol. The van der Waals surface area contributed by atoms with Gasteiger partial charge in [-0.1, -0.05) is 12.8 Å². The zero-order valence-electron chi connectivity index (χ0n) is 12.5. The molecule has 1 amide bonds. The molecule has 1 unspecified atom stereocenters. The van der Waals surface area contributed by atoms with E-state index in [1.807, 2.05) is 11.9 Å². The molecule has 0 spiro atoms. The molecule has 2 heterocycles. The van der Waals surface area contributed by atoms with Crippen LogP contribution < -0.4 is 4.90 Å². The Bertz CT molecular complexity index is 516. The highest BCUT2D eigenvalue weighted by Gasteiger charge is 2.35. The van der Waals surface area contributed by atoms with Gasteiger partial charge < -0.3 is 9.80 Å². The minimum Gasteiger partial charge on any atom is -0.357 e. The highest BCUT2D eigenvalue weighted by atomic mass is 19.1. The van der Waals surface area contributed by atoms with Crippen molar-refractivity contribution in [1.29, 1.82) is 0 Å². The van der Waals surface area contributed by atoms with E-state index in [9.17, 15) is 9.18 Å². The minimum atomic E-state index is -0.308. The number of nitrogens with zero attached hydrogens (tertiary/aromatic N) is 3. The summed E-state index contributed by atoms with van der Waals surface area (Å²) in [6.45, 7) is 1.48. The van der Waals surface area contributed by atoms with Crippen molar-refractivity contribution in [3.8, 4) is 0 Å². The normalized spacial score (nSPS) is 23.0. The minimum absolute atomic E-state index is 0.266. The Labute approximate surface area is 125 Å². The van der Waals surface area contributed by atoms with E-state index in [4.69, 9.17) is 0 Å². The van der Waals surface area contributed by atoms with E-state index in [0.717, 1.165) is 19.4 Å². The highest BCUT2D eigenvalue weighted by molar-refractivity contribution is 5.79. The van der Waals surface area contributed by atoms with Crippen LogP contribution in [0.4, 0.5) is 10.2 Å². The second-order valence-corrected chi connectivity index (χ2v) is 6.24.